The molecule has 0 aliphatic carbocycles. The van der Waals surface area contributed by atoms with Crippen molar-refractivity contribution in [3.05, 3.63) is 30.2 Å². The van der Waals surface area contributed by atoms with E-state index in [1.807, 2.05) is 4.90 Å². The highest BCUT2D eigenvalue weighted by molar-refractivity contribution is 5.99. The Labute approximate surface area is 144 Å². The van der Waals surface area contributed by atoms with Crippen LogP contribution in [0.5, 0.6) is 0 Å². The molecular weight excluding hydrogens is 324 g/mol. The molecule has 1 N–H and O–H groups in total. The molecule has 132 valence electrons. The lowest BCUT2D eigenvalue weighted by Crippen LogP contribution is -2.41. The van der Waals surface area contributed by atoms with Crippen molar-refractivity contribution < 1.29 is 19.4 Å². The summed E-state index contributed by atoms with van der Waals surface area (Å²) in [5.74, 6) is -0.617. The first-order chi connectivity index (χ1) is 12.1. The Balaban J connectivity index is 1.39. The van der Waals surface area contributed by atoms with E-state index in [-0.39, 0.29) is 12.0 Å². The Morgan fingerprint density at radius 2 is 2.00 bits per heavy atom. The number of carbonyl (C=O) groups excluding carboxylic acids is 1. The molecule has 0 radical (unpaired) electrons. The van der Waals surface area contributed by atoms with Gasteiger partial charge in [0.1, 0.15) is 5.56 Å². The van der Waals surface area contributed by atoms with Gasteiger partial charge in [0, 0.05) is 25.5 Å². The highest BCUT2D eigenvalue weighted by Gasteiger charge is 2.37. The van der Waals surface area contributed by atoms with E-state index in [1.165, 1.54) is 0 Å². The van der Waals surface area contributed by atoms with Crippen LogP contribution >= 0.6 is 0 Å². The Bertz CT molecular complexity index is 797. The van der Waals surface area contributed by atoms with Crippen molar-refractivity contribution in [2.45, 2.75) is 37.9 Å². The zero-order valence-corrected chi connectivity index (χ0v) is 13.7. The fourth-order valence-electron chi connectivity index (χ4n) is 3.81. The summed E-state index contributed by atoms with van der Waals surface area (Å²) >= 11 is 0. The molecule has 0 bridgehead atoms. The predicted octanol–water partition coefficient (Wildman–Crippen LogP) is 1.21. The molecule has 2 aromatic heterocycles. The fourth-order valence-corrected chi connectivity index (χ4v) is 3.81. The lowest BCUT2D eigenvalue weighted by molar-refractivity contribution is -0.150. The van der Waals surface area contributed by atoms with E-state index in [0.717, 1.165) is 19.3 Å². The van der Waals surface area contributed by atoms with Crippen molar-refractivity contribution in [2.24, 2.45) is 5.92 Å². The molecule has 0 unspecified atom stereocenters. The first-order valence-electron chi connectivity index (χ1n) is 8.59. The second kappa shape index (κ2) is 6.44. The van der Waals surface area contributed by atoms with Crippen LogP contribution in [-0.4, -0.2) is 61.8 Å². The Hall–Kier alpha value is -2.48. The van der Waals surface area contributed by atoms with E-state index in [1.54, 1.807) is 29.2 Å². The molecule has 2 saturated heterocycles. The second-order valence-corrected chi connectivity index (χ2v) is 6.65. The van der Waals surface area contributed by atoms with Gasteiger partial charge in [-0.05, 0) is 37.7 Å². The van der Waals surface area contributed by atoms with E-state index in [9.17, 15) is 9.59 Å². The number of nitrogens with zero attached hydrogens (tertiary/aromatic N) is 4. The molecule has 4 rings (SSSR count). The minimum atomic E-state index is -0.879. The first-order valence-corrected chi connectivity index (χ1v) is 8.59. The number of likely N-dealkylation sites (tertiary alicyclic amines) is 1. The maximum atomic E-state index is 12.8. The number of aromatic nitrogens is 3. The molecule has 25 heavy (non-hydrogen) atoms. The van der Waals surface area contributed by atoms with Gasteiger partial charge in [-0.1, -0.05) is 0 Å². The molecule has 2 atom stereocenters. The summed E-state index contributed by atoms with van der Waals surface area (Å²) in [7, 11) is 0. The molecule has 8 heteroatoms. The third kappa shape index (κ3) is 2.97. The average Bonchev–Trinajstić information content (AvgIpc) is 3.29. The van der Waals surface area contributed by atoms with Crippen molar-refractivity contribution in [3.8, 4) is 0 Å². The standard InChI is InChI=1S/C17H20N4O4/c22-16(12-10-19-21-7-1-6-18-15(12)21)20-8-4-11(5-9-20)13-2-3-14(25-13)17(23)24/h1,6-7,10-11,13-14H,2-5,8-9H2,(H,23,24)/t13-,14+/m0/s1. The van der Waals surface area contributed by atoms with Crippen LogP contribution in [0, 0.1) is 5.92 Å². The van der Waals surface area contributed by atoms with E-state index in [4.69, 9.17) is 9.84 Å². The van der Waals surface area contributed by atoms with Crippen molar-refractivity contribution in [3.63, 3.8) is 0 Å². The summed E-state index contributed by atoms with van der Waals surface area (Å²) in [6.45, 7) is 1.29. The van der Waals surface area contributed by atoms with Crippen LogP contribution in [0.25, 0.3) is 5.65 Å². The number of hydrogen-bond acceptors (Lipinski definition) is 5. The largest absolute Gasteiger partial charge is 0.479 e. The molecule has 0 saturated carbocycles. The molecular formula is C17H20N4O4. The van der Waals surface area contributed by atoms with Crippen LogP contribution < -0.4 is 0 Å². The van der Waals surface area contributed by atoms with E-state index < -0.39 is 12.1 Å². The molecule has 0 aromatic carbocycles. The van der Waals surface area contributed by atoms with Crippen LogP contribution in [0.4, 0.5) is 0 Å². The van der Waals surface area contributed by atoms with Gasteiger partial charge >= 0.3 is 5.97 Å². The molecule has 1 amide bonds. The van der Waals surface area contributed by atoms with Gasteiger partial charge < -0.3 is 14.7 Å². The minimum Gasteiger partial charge on any atom is -0.479 e. The maximum absolute atomic E-state index is 12.8. The van der Waals surface area contributed by atoms with Crippen LogP contribution in [0.15, 0.2) is 24.7 Å². The third-order valence-corrected chi connectivity index (χ3v) is 5.19. The Morgan fingerprint density at radius 1 is 1.20 bits per heavy atom. The molecule has 0 spiro atoms. The zero-order valence-electron chi connectivity index (χ0n) is 13.7. The van der Waals surface area contributed by atoms with Gasteiger partial charge in [-0.3, -0.25) is 4.79 Å². The van der Waals surface area contributed by atoms with Crippen LogP contribution in [0.1, 0.15) is 36.0 Å². The average molecular weight is 344 g/mol. The van der Waals surface area contributed by atoms with Gasteiger partial charge in [-0.2, -0.15) is 5.10 Å². The Kier molecular flexibility index (Phi) is 4.12. The van der Waals surface area contributed by atoms with Gasteiger partial charge in [0.05, 0.1) is 12.3 Å². The molecule has 2 fully saturated rings. The summed E-state index contributed by atoms with van der Waals surface area (Å²) in [6.07, 6.45) is 7.32. The molecule has 8 nitrogen and oxygen atoms in total. The Morgan fingerprint density at radius 3 is 2.72 bits per heavy atom. The zero-order chi connectivity index (χ0) is 17.4. The number of carboxylic acids is 1. The van der Waals surface area contributed by atoms with Crippen molar-refractivity contribution in [1.29, 1.82) is 0 Å². The van der Waals surface area contributed by atoms with Gasteiger partial charge in [0.25, 0.3) is 5.91 Å². The van der Waals surface area contributed by atoms with E-state index >= 15 is 0 Å². The van der Waals surface area contributed by atoms with Gasteiger partial charge in [-0.25, -0.2) is 14.3 Å². The van der Waals surface area contributed by atoms with Crippen molar-refractivity contribution in [2.75, 3.05) is 13.1 Å². The number of fused-ring (bicyclic) bond motifs is 1. The molecule has 2 aromatic rings. The van der Waals surface area contributed by atoms with Crippen molar-refractivity contribution >= 4 is 17.5 Å². The number of ether oxygens (including phenoxy) is 1. The summed E-state index contributed by atoms with van der Waals surface area (Å²) in [5.41, 5.74) is 1.08. The maximum Gasteiger partial charge on any atom is 0.332 e. The molecule has 2 aliphatic rings. The predicted molar refractivity (Wildman–Crippen MR) is 87.1 cm³/mol. The SMILES string of the molecule is O=C(O)[C@H]1CC[C@@H](C2CCN(C(=O)c3cnn4cccnc34)CC2)O1. The molecule has 2 aliphatic heterocycles. The van der Waals surface area contributed by atoms with Crippen LogP contribution in [0.3, 0.4) is 0 Å². The monoisotopic (exact) mass is 344 g/mol. The number of amides is 1. The minimum absolute atomic E-state index is 0.00278. The lowest BCUT2D eigenvalue weighted by Gasteiger charge is -2.34. The van der Waals surface area contributed by atoms with Gasteiger partial charge in [-0.15, -0.1) is 0 Å². The van der Waals surface area contributed by atoms with Gasteiger partial charge in [0.15, 0.2) is 11.8 Å². The van der Waals surface area contributed by atoms with Crippen LogP contribution in [-0.2, 0) is 9.53 Å². The number of carboxylic acid groups (broad SMARTS) is 1. The van der Waals surface area contributed by atoms with E-state index in [0.29, 0.717) is 36.6 Å². The smallest absolute Gasteiger partial charge is 0.332 e. The first kappa shape index (κ1) is 16.0. The number of hydrogen-bond donors (Lipinski definition) is 1. The number of piperidine rings is 1. The highest BCUT2D eigenvalue weighted by Crippen LogP contribution is 2.32. The number of carbonyl (C=O) groups is 2. The lowest BCUT2D eigenvalue weighted by atomic mass is 9.89. The topological polar surface area (TPSA) is 97.0 Å². The summed E-state index contributed by atoms with van der Waals surface area (Å²) < 4.78 is 7.26. The second-order valence-electron chi connectivity index (χ2n) is 6.65. The highest BCUT2D eigenvalue weighted by atomic mass is 16.5. The number of rotatable bonds is 3. The van der Waals surface area contributed by atoms with Crippen molar-refractivity contribution in [1.82, 2.24) is 19.5 Å². The third-order valence-electron chi connectivity index (χ3n) is 5.19. The van der Waals surface area contributed by atoms with Crippen LogP contribution in [0.2, 0.25) is 0 Å². The van der Waals surface area contributed by atoms with E-state index in [2.05, 4.69) is 10.1 Å². The fraction of sp³-hybridized carbons (Fsp3) is 0.529. The summed E-state index contributed by atoms with van der Waals surface area (Å²) in [6, 6.07) is 1.77. The summed E-state index contributed by atoms with van der Waals surface area (Å²) in [5, 5.41) is 13.2. The quantitative estimate of drug-likeness (QED) is 0.899. The summed E-state index contributed by atoms with van der Waals surface area (Å²) in [4.78, 5) is 29.8. The normalized spacial score (nSPS) is 24.7. The van der Waals surface area contributed by atoms with Gasteiger partial charge in [0.2, 0.25) is 0 Å². The molecule has 4 heterocycles. The number of aliphatic carboxylic acids is 1.